The Labute approximate surface area is 79.5 Å². The van der Waals surface area contributed by atoms with E-state index in [1.54, 1.807) is 0 Å². The summed E-state index contributed by atoms with van der Waals surface area (Å²) in [5.41, 5.74) is 0. The molecule has 0 aromatic rings. The molecular formula is C10H19NO2. The minimum atomic E-state index is -0.297. The third-order valence-corrected chi connectivity index (χ3v) is 3.16. The van der Waals surface area contributed by atoms with Crippen LogP contribution in [0, 0.1) is 22.7 Å². The molecule has 1 aliphatic carbocycles. The van der Waals surface area contributed by atoms with E-state index < -0.39 is 0 Å². The van der Waals surface area contributed by atoms with Gasteiger partial charge in [-0.15, -0.1) is 0 Å². The number of aliphatic hydroxyl groups is 1. The average Bonchev–Trinajstić information content (AvgIpc) is 2.75. The maximum absolute atomic E-state index is 9.97. The van der Waals surface area contributed by atoms with Gasteiger partial charge in [0.1, 0.15) is 0 Å². The van der Waals surface area contributed by atoms with Crippen molar-refractivity contribution in [2.75, 3.05) is 6.54 Å². The van der Waals surface area contributed by atoms with Crippen molar-refractivity contribution in [3.05, 3.63) is 4.91 Å². The lowest BCUT2D eigenvalue weighted by molar-refractivity contribution is 0.111. The van der Waals surface area contributed by atoms with Crippen molar-refractivity contribution in [3.63, 3.8) is 0 Å². The summed E-state index contributed by atoms with van der Waals surface area (Å²) in [6.07, 6.45) is 2.80. The molecule has 0 heterocycles. The first kappa shape index (κ1) is 10.6. The number of hydrogen-bond acceptors (Lipinski definition) is 3. The highest BCUT2D eigenvalue weighted by atomic mass is 16.3. The van der Waals surface area contributed by atoms with Crippen LogP contribution in [0.2, 0.25) is 0 Å². The molecule has 1 fully saturated rings. The second-order valence-electron chi connectivity index (χ2n) is 4.35. The van der Waals surface area contributed by atoms with E-state index in [0.29, 0.717) is 6.54 Å². The first-order valence-corrected chi connectivity index (χ1v) is 5.12. The molecule has 1 saturated carbocycles. The second-order valence-corrected chi connectivity index (χ2v) is 4.35. The predicted molar refractivity (Wildman–Crippen MR) is 52.3 cm³/mol. The van der Waals surface area contributed by atoms with Gasteiger partial charge in [-0.2, -0.15) is 4.91 Å². The van der Waals surface area contributed by atoms with Gasteiger partial charge >= 0.3 is 0 Å². The number of nitroso groups, excluding NO2 is 1. The van der Waals surface area contributed by atoms with Crippen LogP contribution < -0.4 is 0 Å². The predicted octanol–water partition coefficient (Wildman–Crippen LogP) is 2.19. The van der Waals surface area contributed by atoms with E-state index in [1.165, 1.54) is 6.42 Å². The van der Waals surface area contributed by atoms with Gasteiger partial charge in [-0.1, -0.05) is 12.1 Å². The monoisotopic (exact) mass is 185 g/mol. The molecule has 0 spiro atoms. The minimum absolute atomic E-state index is 0.271. The van der Waals surface area contributed by atoms with E-state index in [-0.39, 0.29) is 12.0 Å². The Bertz CT molecular complexity index is 170. The van der Waals surface area contributed by atoms with Crippen molar-refractivity contribution in [3.8, 4) is 0 Å². The van der Waals surface area contributed by atoms with E-state index in [4.69, 9.17) is 0 Å². The van der Waals surface area contributed by atoms with Crippen molar-refractivity contribution in [1.29, 1.82) is 0 Å². The fraction of sp³-hybridized carbons (Fsp3) is 1.00. The summed E-state index contributed by atoms with van der Waals surface area (Å²) in [7, 11) is 0. The largest absolute Gasteiger partial charge is 0.393 e. The summed E-state index contributed by atoms with van der Waals surface area (Å²) >= 11 is 0. The number of nitrogens with zero attached hydrogens (tertiary/aromatic N) is 1. The Morgan fingerprint density at radius 3 is 2.62 bits per heavy atom. The van der Waals surface area contributed by atoms with Crippen LogP contribution in [0.3, 0.4) is 0 Å². The van der Waals surface area contributed by atoms with Crippen LogP contribution in [0.1, 0.15) is 33.1 Å². The van der Waals surface area contributed by atoms with Crippen molar-refractivity contribution >= 4 is 0 Å². The van der Waals surface area contributed by atoms with Crippen molar-refractivity contribution in [2.24, 2.45) is 22.9 Å². The Balaban J connectivity index is 2.25. The van der Waals surface area contributed by atoms with E-state index in [0.717, 1.165) is 24.7 Å². The van der Waals surface area contributed by atoms with Gasteiger partial charge in [-0.05, 0) is 43.9 Å². The molecule has 0 amide bonds. The molecule has 0 bridgehead atoms. The molecule has 3 heteroatoms. The Hall–Kier alpha value is -0.440. The third-order valence-electron chi connectivity index (χ3n) is 3.16. The lowest BCUT2D eigenvalue weighted by Crippen LogP contribution is -2.18. The van der Waals surface area contributed by atoms with Gasteiger partial charge < -0.3 is 5.11 Å². The van der Waals surface area contributed by atoms with Gasteiger partial charge in [0.25, 0.3) is 0 Å². The number of hydrogen-bond donors (Lipinski definition) is 1. The van der Waals surface area contributed by atoms with Gasteiger partial charge in [-0.25, -0.2) is 0 Å². The Kier molecular flexibility index (Phi) is 3.85. The van der Waals surface area contributed by atoms with Crippen LogP contribution in [0.4, 0.5) is 0 Å². The van der Waals surface area contributed by atoms with Gasteiger partial charge in [0.05, 0.1) is 12.6 Å². The molecule has 1 N–H and O–H groups in total. The highest BCUT2D eigenvalue weighted by molar-refractivity contribution is 4.85. The summed E-state index contributed by atoms with van der Waals surface area (Å²) in [6.45, 7) is 4.39. The molecule has 2 unspecified atom stereocenters. The minimum Gasteiger partial charge on any atom is -0.393 e. The maximum Gasteiger partial charge on any atom is 0.0814 e. The second kappa shape index (κ2) is 4.70. The van der Waals surface area contributed by atoms with Gasteiger partial charge in [0.15, 0.2) is 0 Å². The summed E-state index contributed by atoms with van der Waals surface area (Å²) in [5.74, 6) is 1.88. The Morgan fingerprint density at radius 1 is 1.62 bits per heavy atom. The van der Waals surface area contributed by atoms with Crippen LogP contribution in [-0.2, 0) is 0 Å². The molecule has 0 aromatic carbocycles. The highest BCUT2D eigenvalue weighted by Gasteiger charge is 2.35. The fourth-order valence-electron chi connectivity index (χ4n) is 1.89. The van der Waals surface area contributed by atoms with E-state index in [1.807, 2.05) is 6.92 Å². The van der Waals surface area contributed by atoms with Crippen LogP contribution in [-0.4, -0.2) is 17.8 Å². The third kappa shape index (κ3) is 3.43. The van der Waals surface area contributed by atoms with Gasteiger partial charge in [0, 0.05) is 0 Å². The zero-order valence-corrected chi connectivity index (χ0v) is 8.44. The molecule has 76 valence electrons. The molecule has 3 nitrogen and oxygen atoms in total. The van der Waals surface area contributed by atoms with Crippen LogP contribution in [0.25, 0.3) is 0 Å². The lowest BCUT2D eigenvalue weighted by Gasteiger charge is -2.18. The summed E-state index contributed by atoms with van der Waals surface area (Å²) in [4.78, 5) is 9.97. The molecular weight excluding hydrogens is 166 g/mol. The quantitative estimate of drug-likeness (QED) is 0.645. The average molecular weight is 185 g/mol. The van der Waals surface area contributed by atoms with Gasteiger partial charge in [-0.3, -0.25) is 0 Å². The molecule has 0 aromatic heterocycles. The smallest absolute Gasteiger partial charge is 0.0814 e. The van der Waals surface area contributed by atoms with Crippen molar-refractivity contribution in [2.45, 2.75) is 39.2 Å². The maximum atomic E-state index is 9.97. The highest BCUT2D eigenvalue weighted by Crippen LogP contribution is 2.43. The first-order valence-electron chi connectivity index (χ1n) is 5.12. The Morgan fingerprint density at radius 2 is 2.23 bits per heavy atom. The molecule has 0 aliphatic heterocycles. The van der Waals surface area contributed by atoms with E-state index >= 15 is 0 Å². The van der Waals surface area contributed by atoms with E-state index in [2.05, 4.69) is 12.1 Å². The molecule has 13 heavy (non-hydrogen) atoms. The number of rotatable bonds is 6. The molecule has 0 saturated heterocycles. The molecule has 1 rings (SSSR count). The van der Waals surface area contributed by atoms with Crippen LogP contribution in [0.5, 0.6) is 0 Å². The zero-order chi connectivity index (χ0) is 9.84. The summed E-state index contributed by atoms with van der Waals surface area (Å²) in [5, 5.41) is 12.3. The standard InChI is InChI=1S/C10H19NO2/c1-7-5-10(7)6-9(8(2)12)3-4-11-13/h7-10,12H,3-6H2,1-2H3/t7-,8?,9-,10?/m1/s1. The zero-order valence-electron chi connectivity index (χ0n) is 8.44. The molecule has 0 radical (unpaired) electrons. The van der Waals surface area contributed by atoms with Crippen LogP contribution >= 0.6 is 0 Å². The van der Waals surface area contributed by atoms with Crippen LogP contribution in [0.15, 0.2) is 5.18 Å². The van der Waals surface area contributed by atoms with Crippen molar-refractivity contribution < 1.29 is 5.11 Å². The van der Waals surface area contributed by atoms with Gasteiger partial charge in [0.2, 0.25) is 0 Å². The first-order chi connectivity index (χ1) is 6.15. The molecule has 4 atom stereocenters. The SMILES string of the molecule is CC(O)[C@H](CCN=O)CC1C[C@H]1C. The van der Waals surface area contributed by atoms with E-state index in [9.17, 15) is 10.0 Å². The lowest BCUT2D eigenvalue weighted by atomic mass is 9.93. The molecule has 1 aliphatic rings. The topological polar surface area (TPSA) is 49.7 Å². The fourth-order valence-corrected chi connectivity index (χ4v) is 1.89. The normalized spacial score (nSPS) is 31.0. The van der Waals surface area contributed by atoms with Crippen molar-refractivity contribution in [1.82, 2.24) is 0 Å². The summed E-state index contributed by atoms with van der Waals surface area (Å²) in [6, 6.07) is 0. The summed E-state index contributed by atoms with van der Waals surface area (Å²) < 4.78 is 0. The number of aliphatic hydroxyl groups excluding tert-OH is 1.